The Bertz CT molecular complexity index is 1240. The molecule has 1 aliphatic rings. The summed E-state index contributed by atoms with van der Waals surface area (Å²) in [4.78, 5) is 38.0. The molecule has 0 bridgehead atoms. The Morgan fingerprint density at radius 2 is 1.61 bits per heavy atom. The molecule has 3 aromatic carbocycles. The molecule has 4 rings (SSSR count). The van der Waals surface area contributed by atoms with Crippen LogP contribution in [-0.2, 0) is 16.0 Å². The monoisotopic (exact) mass is 462 g/mol. The maximum atomic E-state index is 13.0. The third-order valence-corrected chi connectivity index (χ3v) is 5.81. The Morgan fingerprint density at radius 3 is 2.21 bits per heavy atom. The summed E-state index contributed by atoms with van der Waals surface area (Å²) in [7, 11) is 0. The number of nitro groups is 1. The van der Waals surface area contributed by atoms with Crippen molar-refractivity contribution in [1.29, 1.82) is 0 Å². The van der Waals surface area contributed by atoms with Gasteiger partial charge >= 0.3 is 0 Å². The predicted octanol–water partition coefficient (Wildman–Crippen LogP) is 4.91. The van der Waals surface area contributed by atoms with Crippen molar-refractivity contribution in [3.8, 4) is 0 Å². The molecule has 1 amide bonds. The molecule has 1 heterocycles. The van der Waals surface area contributed by atoms with Crippen LogP contribution in [0.2, 0.25) is 5.02 Å². The second-order valence-electron chi connectivity index (χ2n) is 7.58. The van der Waals surface area contributed by atoms with E-state index in [-0.39, 0.29) is 23.6 Å². The lowest BCUT2D eigenvalue weighted by Gasteiger charge is -2.25. The molecule has 166 valence electrons. The van der Waals surface area contributed by atoms with Gasteiger partial charge < -0.3 is 10.0 Å². The van der Waals surface area contributed by atoms with Gasteiger partial charge in [0.05, 0.1) is 16.5 Å². The molecular formula is C25H19ClN2O5. The van der Waals surface area contributed by atoms with Gasteiger partial charge in [-0.25, -0.2) is 0 Å². The molecule has 33 heavy (non-hydrogen) atoms. The number of hydrogen-bond donors (Lipinski definition) is 1. The van der Waals surface area contributed by atoms with Crippen molar-refractivity contribution in [2.75, 3.05) is 6.54 Å². The topological polar surface area (TPSA) is 101 Å². The van der Waals surface area contributed by atoms with Crippen molar-refractivity contribution in [3.05, 3.63) is 116 Å². The number of nitro benzene ring substituents is 1. The second kappa shape index (κ2) is 9.26. The van der Waals surface area contributed by atoms with E-state index in [4.69, 9.17) is 11.6 Å². The summed E-state index contributed by atoms with van der Waals surface area (Å²) in [5, 5.41) is 22.5. The number of benzene rings is 3. The maximum absolute atomic E-state index is 13.0. The van der Waals surface area contributed by atoms with Crippen molar-refractivity contribution in [1.82, 2.24) is 4.90 Å². The van der Waals surface area contributed by atoms with Gasteiger partial charge in [0.1, 0.15) is 5.76 Å². The Morgan fingerprint density at radius 1 is 0.970 bits per heavy atom. The lowest BCUT2D eigenvalue weighted by molar-refractivity contribution is -0.384. The van der Waals surface area contributed by atoms with Crippen molar-refractivity contribution < 1.29 is 19.6 Å². The maximum Gasteiger partial charge on any atom is 0.295 e. The number of aliphatic hydroxyl groups is 1. The van der Waals surface area contributed by atoms with Crippen LogP contribution in [0, 0.1) is 10.1 Å². The molecule has 1 atom stereocenters. The van der Waals surface area contributed by atoms with E-state index in [9.17, 15) is 24.8 Å². The first-order valence-corrected chi connectivity index (χ1v) is 10.6. The first-order valence-electron chi connectivity index (χ1n) is 10.2. The average molecular weight is 463 g/mol. The Labute approximate surface area is 194 Å². The summed E-state index contributed by atoms with van der Waals surface area (Å²) in [6.07, 6.45) is 0.498. The third kappa shape index (κ3) is 4.49. The van der Waals surface area contributed by atoms with Gasteiger partial charge in [-0.1, -0.05) is 41.9 Å². The van der Waals surface area contributed by atoms with E-state index in [1.54, 1.807) is 24.3 Å². The zero-order valence-corrected chi connectivity index (χ0v) is 18.1. The summed E-state index contributed by atoms with van der Waals surface area (Å²) in [5.74, 6) is -1.86. The fourth-order valence-electron chi connectivity index (χ4n) is 3.89. The number of nitrogens with zero attached hydrogens (tertiary/aromatic N) is 2. The van der Waals surface area contributed by atoms with Crippen molar-refractivity contribution in [2.24, 2.45) is 0 Å². The number of likely N-dealkylation sites (tertiary alicyclic amines) is 1. The van der Waals surface area contributed by atoms with Crippen LogP contribution in [0.25, 0.3) is 5.76 Å². The number of non-ortho nitro benzene ring substituents is 1. The summed E-state index contributed by atoms with van der Waals surface area (Å²) >= 11 is 5.93. The minimum atomic E-state index is -0.884. The fourth-order valence-corrected chi connectivity index (χ4v) is 4.02. The number of Topliss-reactive ketones (excluding diaryl/α,β-unsaturated/α-hetero) is 1. The van der Waals surface area contributed by atoms with Crippen molar-refractivity contribution in [3.63, 3.8) is 0 Å². The highest BCUT2D eigenvalue weighted by molar-refractivity contribution is 6.46. The lowest BCUT2D eigenvalue weighted by atomic mass is 9.95. The van der Waals surface area contributed by atoms with E-state index in [2.05, 4.69) is 0 Å². The van der Waals surface area contributed by atoms with Crippen LogP contribution >= 0.6 is 11.6 Å². The quantitative estimate of drug-likeness (QED) is 0.184. The smallest absolute Gasteiger partial charge is 0.295 e. The molecule has 0 aliphatic carbocycles. The number of aliphatic hydroxyl groups excluding tert-OH is 1. The highest BCUT2D eigenvalue weighted by atomic mass is 35.5. The van der Waals surface area contributed by atoms with Gasteiger partial charge in [0, 0.05) is 29.3 Å². The Hall–Kier alpha value is -3.97. The van der Waals surface area contributed by atoms with Gasteiger partial charge in [0.25, 0.3) is 17.4 Å². The van der Waals surface area contributed by atoms with Gasteiger partial charge in [-0.05, 0) is 53.9 Å². The number of carbonyl (C=O) groups is 2. The molecule has 7 nitrogen and oxygen atoms in total. The van der Waals surface area contributed by atoms with Crippen LogP contribution in [0.15, 0.2) is 84.4 Å². The van der Waals surface area contributed by atoms with E-state index in [1.165, 1.54) is 29.2 Å². The molecule has 1 N–H and O–H groups in total. The third-order valence-electron chi connectivity index (χ3n) is 5.56. The van der Waals surface area contributed by atoms with Gasteiger partial charge in [-0.15, -0.1) is 0 Å². The molecule has 3 aromatic rings. The first-order chi connectivity index (χ1) is 15.9. The standard InChI is InChI=1S/C25H19ClN2O5/c26-19-10-6-18(7-11-19)23(29)21-22(17-8-12-20(13-9-17)28(32)33)27(25(31)24(21)30)15-14-16-4-2-1-3-5-16/h1-13,22,29H,14-15H2. The summed E-state index contributed by atoms with van der Waals surface area (Å²) in [5.41, 5.74) is 1.64. The molecule has 1 aliphatic heterocycles. The average Bonchev–Trinajstić information content (AvgIpc) is 3.08. The van der Waals surface area contributed by atoms with Crippen molar-refractivity contribution >= 4 is 34.7 Å². The highest BCUT2D eigenvalue weighted by Crippen LogP contribution is 2.40. The zero-order chi connectivity index (χ0) is 23.5. The van der Waals surface area contributed by atoms with Crippen LogP contribution in [0.5, 0.6) is 0 Å². The minimum Gasteiger partial charge on any atom is -0.507 e. The summed E-state index contributed by atoms with van der Waals surface area (Å²) in [6, 6.07) is 20.5. The molecule has 0 saturated carbocycles. The van der Waals surface area contributed by atoms with E-state index < -0.39 is 22.7 Å². The molecule has 1 unspecified atom stereocenters. The van der Waals surface area contributed by atoms with Crippen LogP contribution in [-0.4, -0.2) is 33.2 Å². The highest BCUT2D eigenvalue weighted by Gasteiger charge is 2.45. The first kappa shape index (κ1) is 22.2. The summed E-state index contributed by atoms with van der Waals surface area (Å²) in [6.45, 7) is 0.230. The minimum absolute atomic E-state index is 0.0655. The molecule has 1 saturated heterocycles. The zero-order valence-electron chi connectivity index (χ0n) is 17.3. The largest absolute Gasteiger partial charge is 0.507 e. The van der Waals surface area contributed by atoms with Gasteiger partial charge in [0.2, 0.25) is 0 Å². The Balaban J connectivity index is 1.79. The number of ketones is 1. The number of rotatable bonds is 6. The number of carbonyl (C=O) groups excluding carboxylic acids is 2. The van der Waals surface area contributed by atoms with Crippen LogP contribution in [0.3, 0.4) is 0 Å². The SMILES string of the molecule is O=C1C(=O)N(CCc2ccccc2)C(c2ccc([N+](=O)[O-])cc2)C1=C(O)c1ccc(Cl)cc1. The van der Waals surface area contributed by atoms with Crippen LogP contribution in [0.4, 0.5) is 5.69 Å². The number of hydrogen-bond acceptors (Lipinski definition) is 5. The van der Waals surface area contributed by atoms with E-state index in [0.717, 1.165) is 5.56 Å². The second-order valence-corrected chi connectivity index (χ2v) is 8.02. The lowest BCUT2D eigenvalue weighted by Crippen LogP contribution is -2.31. The molecule has 0 spiro atoms. The van der Waals surface area contributed by atoms with Gasteiger partial charge in [-0.3, -0.25) is 19.7 Å². The molecule has 1 fully saturated rings. The normalized spacial score (nSPS) is 17.4. The van der Waals surface area contributed by atoms with E-state index in [0.29, 0.717) is 22.6 Å². The number of halogens is 1. The number of amides is 1. The van der Waals surface area contributed by atoms with Crippen LogP contribution < -0.4 is 0 Å². The van der Waals surface area contributed by atoms with E-state index >= 15 is 0 Å². The van der Waals surface area contributed by atoms with Crippen molar-refractivity contribution in [2.45, 2.75) is 12.5 Å². The molecule has 8 heteroatoms. The summed E-state index contributed by atoms with van der Waals surface area (Å²) < 4.78 is 0. The van der Waals surface area contributed by atoms with E-state index in [1.807, 2.05) is 30.3 Å². The van der Waals surface area contributed by atoms with Crippen LogP contribution in [0.1, 0.15) is 22.7 Å². The Kier molecular flexibility index (Phi) is 6.24. The molecule has 0 radical (unpaired) electrons. The predicted molar refractivity (Wildman–Crippen MR) is 124 cm³/mol. The van der Waals surface area contributed by atoms with Gasteiger partial charge in [-0.2, -0.15) is 0 Å². The van der Waals surface area contributed by atoms with Gasteiger partial charge in [0.15, 0.2) is 0 Å². The molecule has 0 aromatic heterocycles. The fraction of sp³-hybridized carbons (Fsp3) is 0.120. The molecular weight excluding hydrogens is 444 g/mol.